The second-order valence-corrected chi connectivity index (χ2v) is 7.05. The summed E-state index contributed by atoms with van der Waals surface area (Å²) in [4.78, 5) is 27.7. The SMILES string of the molecule is O=C(Nc1ccc(-c2nc3ccccc3o2)cc1)NC1CCC(C(=O)O)CC1. The summed E-state index contributed by atoms with van der Waals surface area (Å²) in [5.41, 5.74) is 3.03. The second-order valence-electron chi connectivity index (χ2n) is 7.05. The lowest BCUT2D eigenvalue weighted by Crippen LogP contribution is -2.40. The van der Waals surface area contributed by atoms with Gasteiger partial charge < -0.3 is 20.2 Å². The number of carboxylic acids is 1. The molecular weight excluding hydrogens is 358 g/mol. The summed E-state index contributed by atoms with van der Waals surface area (Å²) in [6, 6.07) is 14.6. The van der Waals surface area contributed by atoms with Crippen LogP contribution in [-0.4, -0.2) is 28.1 Å². The number of amides is 2. The highest BCUT2D eigenvalue weighted by molar-refractivity contribution is 5.89. The van der Waals surface area contributed by atoms with Crippen molar-refractivity contribution in [3.63, 3.8) is 0 Å². The minimum atomic E-state index is -0.748. The molecule has 3 N–H and O–H groups in total. The summed E-state index contributed by atoms with van der Waals surface area (Å²) in [5, 5.41) is 14.8. The van der Waals surface area contributed by atoms with Crippen LogP contribution >= 0.6 is 0 Å². The number of hydrogen-bond acceptors (Lipinski definition) is 4. The molecule has 7 nitrogen and oxygen atoms in total. The van der Waals surface area contributed by atoms with Crippen LogP contribution in [0.1, 0.15) is 25.7 Å². The third kappa shape index (κ3) is 3.98. The first-order valence-electron chi connectivity index (χ1n) is 9.35. The van der Waals surface area contributed by atoms with E-state index in [2.05, 4.69) is 15.6 Å². The maximum Gasteiger partial charge on any atom is 0.319 e. The number of rotatable bonds is 4. The molecule has 144 valence electrons. The zero-order chi connectivity index (χ0) is 19.5. The van der Waals surface area contributed by atoms with Crippen LogP contribution in [-0.2, 0) is 4.79 Å². The van der Waals surface area contributed by atoms with E-state index in [9.17, 15) is 9.59 Å². The smallest absolute Gasteiger partial charge is 0.319 e. The fraction of sp³-hybridized carbons (Fsp3) is 0.286. The number of nitrogens with zero attached hydrogens (tertiary/aromatic N) is 1. The fourth-order valence-corrected chi connectivity index (χ4v) is 3.53. The normalized spacial score (nSPS) is 19.3. The van der Waals surface area contributed by atoms with Crippen molar-refractivity contribution in [3.05, 3.63) is 48.5 Å². The zero-order valence-electron chi connectivity index (χ0n) is 15.2. The fourth-order valence-electron chi connectivity index (χ4n) is 3.53. The van der Waals surface area contributed by atoms with Crippen molar-refractivity contribution in [1.29, 1.82) is 0 Å². The summed E-state index contributed by atoms with van der Waals surface area (Å²) >= 11 is 0. The van der Waals surface area contributed by atoms with Crippen molar-refractivity contribution in [2.24, 2.45) is 5.92 Å². The van der Waals surface area contributed by atoms with E-state index in [4.69, 9.17) is 9.52 Å². The highest BCUT2D eigenvalue weighted by Gasteiger charge is 2.26. The second kappa shape index (κ2) is 7.72. The Balaban J connectivity index is 1.34. The standard InChI is InChI=1S/C21H21N3O4/c25-20(26)14-7-11-16(12-8-14)23-21(27)22-15-9-5-13(6-10-15)19-24-17-3-1-2-4-18(17)28-19/h1-6,9-10,14,16H,7-8,11-12H2,(H,25,26)(H2,22,23,27). The number of fused-ring (bicyclic) bond motifs is 1. The molecule has 2 amide bonds. The van der Waals surface area contributed by atoms with Crippen LogP contribution in [0.4, 0.5) is 10.5 Å². The summed E-state index contributed by atoms with van der Waals surface area (Å²) in [6.07, 6.45) is 2.56. The van der Waals surface area contributed by atoms with E-state index in [-0.39, 0.29) is 18.0 Å². The van der Waals surface area contributed by atoms with E-state index >= 15 is 0 Å². The van der Waals surface area contributed by atoms with Gasteiger partial charge in [0, 0.05) is 17.3 Å². The molecule has 0 radical (unpaired) electrons. The monoisotopic (exact) mass is 379 g/mol. The number of aliphatic carboxylic acids is 1. The van der Waals surface area contributed by atoms with Crippen molar-refractivity contribution < 1.29 is 19.1 Å². The average Bonchev–Trinajstić information content (AvgIpc) is 3.13. The summed E-state index contributed by atoms with van der Waals surface area (Å²) in [5.74, 6) is -0.505. The topological polar surface area (TPSA) is 104 Å². The van der Waals surface area contributed by atoms with Crippen LogP contribution in [0.3, 0.4) is 0 Å². The van der Waals surface area contributed by atoms with Crippen LogP contribution in [0.15, 0.2) is 52.9 Å². The van der Waals surface area contributed by atoms with E-state index in [1.165, 1.54) is 0 Å². The Bertz CT molecular complexity index is 955. The van der Waals surface area contributed by atoms with Gasteiger partial charge in [-0.2, -0.15) is 0 Å². The van der Waals surface area contributed by atoms with Crippen LogP contribution in [0.2, 0.25) is 0 Å². The number of hydrogen-bond donors (Lipinski definition) is 3. The number of carboxylic acid groups (broad SMARTS) is 1. The lowest BCUT2D eigenvalue weighted by Gasteiger charge is -2.26. The number of oxazole rings is 1. The molecule has 7 heteroatoms. The maximum absolute atomic E-state index is 12.2. The molecule has 28 heavy (non-hydrogen) atoms. The third-order valence-electron chi connectivity index (χ3n) is 5.10. The van der Waals surface area contributed by atoms with Gasteiger partial charge in [0.25, 0.3) is 0 Å². The van der Waals surface area contributed by atoms with Crippen molar-refractivity contribution in [2.45, 2.75) is 31.7 Å². The molecule has 1 aliphatic carbocycles. The number of carbonyl (C=O) groups excluding carboxylic acids is 1. The molecule has 0 aliphatic heterocycles. The molecule has 1 aliphatic rings. The molecule has 1 fully saturated rings. The first-order chi connectivity index (χ1) is 13.6. The Morgan fingerprint density at radius 3 is 2.39 bits per heavy atom. The first kappa shape index (κ1) is 18.0. The van der Waals surface area contributed by atoms with Gasteiger partial charge in [0.1, 0.15) is 5.52 Å². The van der Waals surface area contributed by atoms with Gasteiger partial charge in [-0.15, -0.1) is 0 Å². The lowest BCUT2D eigenvalue weighted by atomic mass is 9.86. The highest BCUT2D eigenvalue weighted by Crippen LogP contribution is 2.26. The number of benzene rings is 2. The van der Waals surface area contributed by atoms with Crippen LogP contribution in [0.5, 0.6) is 0 Å². The minimum Gasteiger partial charge on any atom is -0.481 e. The average molecular weight is 379 g/mol. The molecule has 0 saturated heterocycles. The van der Waals surface area contributed by atoms with E-state index in [1.54, 1.807) is 12.1 Å². The molecule has 0 bridgehead atoms. The number of carbonyl (C=O) groups is 2. The quantitative estimate of drug-likeness (QED) is 0.628. The molecule has 0 unspecified atom stereocenters. The van der Waals surface area contributed by atoms with E-state index in [0.717, 1.165) is 16.7 Å². The van der Waals surface area contributed by atoms with E-state index in [1.807, 2.05) is 36.4 Å². The van der Waals surface area contributed by atoms with Crippen molar-refractivity contribution in [1.82, 2.24) is 10.3 Å². The van der Waals surface area contributed by atoms with Crippen LogP contribution in [0, 0.1) is 5.92 Å². The maximum atomic E-state index is 12.2. The first-order valence-corrected chi connectivity index (χ1v) is 9.35. The molecule has 2 aromatic carbocycles. The number of aromatic nitrogens is 1. The Labute approximate surface area is 161 Å². The Hall–Kier alpha value is -3.35. The summed E-state index contributed by atoms with van der Waals surface area (Å²) < 4.78 is 5.75. The predicted molar refractivity (Wildman–Crippen MR) is 105 cm³/mol. The summed E-state index contributed by atoms with van der Waals surface area (Å²) in [7, 11) is 0. The van der Waals surface area contributed by atoms with Gasteiger partial charge in [0.2, 0.25) is 5.89 Å². The molecule has 0 spiro atoms. The van der Waals surface area contributed by atoms with Gasteiger partial charge >= 0.3 is 12.0 Å². The summed E-state index contributed by atoms with van der Waals surface area (Å²) in [6.45, 7) is 0. The molecular formula is C21H21N3O4. The van der Waals surface area contributed by atoms with E-state index < -0.39 is 5.97 Å². The molecule has 1 aromatic heterocycles. The van der Waals surface area contributed by atoms with Gasteiger partial charge in [-0.05, 0) is 62.1 Å². The van der Waals surface area contributed by atoms with Crippen LogP contribution in [0.25, 0.3) is 22.6 Å². The Kier molecular flexibility index (Phi) is 4.97. The number of anilines is 1. The Morgan fingerprint density at radius 2 is 1.71 bits per heavy atom. The third-order valence-corrected chi connectivity index (χ3v) is 5.10. The van der Waals surface area contributed by atoms with Gasteiger partial charge in [-0.25, -0.2) is 9.78 Å². The molecule has 4 rings (SSSR count). The largest absolute Gasteiger partial charge is 0.481 e. The highest BCUT2D eigenvalue weighted by atomic mass is 16.4. The van der Waals surface area contributed by atoms with Gasteiger partial charge in [-0.1, -0.05) is 12.1 Å². The van der Waals surface area contributed by atoms with Crippen molar-refractivity contribution in [3.8, 4) is 11.5 Å². The van der Waals surface area contributed by atoms with Gasteiger partial charge in [-0.3, -0.25) is 4.79 Å². The molecule has 0 atom stereocenters. The molecule has 3 aromatic rings. The number of nitrogens with one attached hydrogen (secondary N) is 2. The van der Waals surface area contributed by atoms with Crippen molar-refractivity contribution >= 4 is 28.8 Å². The number of para-hydroxylation sites is 2. The lowest BCUT2D eigenvalue weighted by molar-refractivity contribution is -0.142. The van der Waals surface area contributed by atoms with Gasteiger partial charge in [0.15, 0.2) is 5.58 Å². The minimum absolute atomic E-state index is 0.00891. The molecule has 1 saturated carbocycles. The van der Waals surface area contributed by atoms with Gasteiger partial charge in [0.05, 0.1) is 5.92 Å². The Morgan fingerprint density at radius 1 is 1.00 bits per heavy atom. The molecule has 1 heterocycles. The predicted octanol–water partition coefficient (Wildman–Crippen LogP) is 4.26. The van der Waals surface area contributed by atoms with Crippen LogP contribution < -0.4 is 10.6 Å². The zero-order valence-corrected chi connectivity index (χ0v) is 15.2. The number of urea groups is 1. The van der Waals surface area contributed by atoms with Crippen molar-refractivity contribution in [2.75, 3.05) is 5.32 Å². The van der Waals surface area contributed by atoms with E-state index in [0.29, 0.717) is 37.3 Å².